The van der Waals surface area contributed by atoms with Gasteiger partial charge in [-0.15, -0.1) is 0 Å². The average Bonchev–Trinajstić information content (AvgIpc) is 2.44. The minimum Gasteiger partial charge on any atom is -0.484 e. The topological polar surface area (TPSA) is 62.6 Å². The summed E-state index contributed by atoms with van der Waals surface area (Å²) in [4.78, 5) is 14.0. The molecule has 0 saturated carbocycles. The van der Waals surface area contributed by atoms with E-state index in [0.29, 0.717) is 5.56 Å². The van der Waals surface area contributed by atoms with Crippen LogP contribution in [0.25, 0.3) is 0 Å². The van der Waals surface area contributed by atoms with E-state index in [0.717, 1.165) is 11.3 Å². The number of nitrogens with zero attached hydrogens (tertiary/aromatic N) is 2. The molecule has 0 bridgehead atoms. The fourth-order valence-corrected chi connectivity index (χ4v) is 3.10. The predicted octanol–water partition coefficient (Wildman–Crippen LogP) is 2.02. The van der Waals surface area contributed by atoms with Gasteiger partial charge in [0.05, 0.1) is 17.7 Å². The molecule has 21 heavy (non-hydrogen) atoms. The Kier molecular flexibility index (Phi) is 2.96. The van der Waals surface area contributed by atoms with Crippen LogP contribution in [0.4, 0.5) is 0 Å². The van der Waals surface area contributed by atoms with Gasteiger partial charge in [0.1, 0.15) is 17.4 Å². The van der Waals surface area contributed by atoms with Crippen molar-refractivity contribution >= 4 is 5.97 Å². The van der Waals surface area contributed by atoms with Gasteiger partial charge in [0.2, 0.25) is 0 Å². The summed E-state index contributed by atoms with van der Waals surface area (Å²) < 4.78 is 11.6. The Bertz CT molecular complexity index is 647. The third-order valence-corrected chi connectivity index (χ3v) is 4.44. The highest BCUT2D eigenvalue weighted by Gasteiger charge is 2.52. The van der Waals surface area contributed by atoms with Crippen molar-refractivity contribution in [2.45, 2.75) is 44.6 Å². The van der Waals surface area contributed by atoms with Gasteiger partial charge < -0.3 is 9.47 Å². The second-order valence-electron chi connectivity index (χ2n) is 6.21. The molecular weight excluding hydrogens is 268 g/mol. The molecule has 1 fully saturated rings. The molecular formula is C16H18N2O3. The lowest BCUT2D eigenvalue weighted by molar-refractivity contribution is -0.194. The van der Waals surface area contributed by atoms with E-state index in [2.05, 4.69) is 6.07 Å². The average molecular weight is 286 g/mol. The van der Waals surface area contributed by atoms with Crippen LogP contribution in [0.15, 0.2) is 18.2 Å². The van der Waals surface area contributed by atoms with Crippen LogP contribution in [0.3, 0.4) is 0 Å². The SMILES string of the molecule is C[C@H]1C(=O)O[C@H]2[C@@H](c3cc(C#N)ccc3OC2(C)C)N1C. The molecule has 5 heteroatoms. The first-order valence-corrected chi connectivity index (χ1v) is 7.00. The van der Waals surface area contributed by atoms with Crippen LogP contribution in [0.5, 0.6) is 5.75 Å². The molecule has 0 amide bonds. The van der Waals surface area contributed by atoms with E-state index in [4.69, 9.17) is 14.7 Å². The van der Waals surface area contributed by atoms with Crippen LogP contribution in [-0.4, -0.2) is 35.7 Å². The van der Waals surface area contributed by atoms with Gasteiger partial charge in [0.15, 0.2) is 6.10 Å². The fourth-order valence-electron chi connectivity index (χ4n) is 3.10. The van der Waals surface area contributed by atoms with Gasteiger partial charge in [0.25, 0.3) is 0 Å². The summed E-state index contributed by atoms with van der Waals surface area (Å²) in [7, 11) is 1.91. The minimum absolute atomic E-state index is 0.107. The number of morpholine rings is 1. The molecule has 0 N–H and O–H groups in total. The van der Waals surface area contributed by atoms with Gasteiger partial charge in [-0.25, -0.2) is 0 Å². The van der Waals surface area contributed by atoms with Gasteiger partial charge in [-0.2, -0.15) is 5.26 Å². The van der Waals surface area contributed by atoms with Crippen LogP contribution >= 0.6 is 0 Å². The van der Waals surface area contributed by atoms with E-state index in [1.807, 2.05) is 44.9 Å². The number of hydrogen-bond donors (Lipinski definition) is 0. The Balaban J connectivity index is 2.16. The maximum atomic E-state index is 12.0. The molecule has 0 radical (unpaired) electrons. The first-order chi connectivity index (χ1) is 9.85. The molecule has 0 aliphatic carbocycles. The van der Waals surface area contributed by atoms with Crippen molar-refractivity contribution < 1.29 is 14.3 Å². The first-order valence-electron chi connectivity index (χ1n) is 7.00. The standard InChI is InChI=1S/C16H18N2O3/c1-9-15(19)20-14-13(18(9)4)11-7-10(8-17)5-6-12(11)21-16(14,2)3/h5-7,9,13-14H,1-4H3/t9-,13+,14-/m0/s1. The number of hydrogen-bond acceptors (Lipinski definition) is 5. The van der Waals surface area contributed by atoms with Crippen molar-refractivity contribution in [2.24, 2.45) is 0 Å². The molecule has 1 saturated heterocycles. The largest absolute Gasteiger partial charge is 0.484 e. The summed E-state index contributed by atoms with van der Waals surface area (Å²) in [6, 6.07) is 7.11. The molecule has 3 atom stereocenters. The number of fused-ring (bicyclic) bond motifs is 3. The Morgan fingerprint density at radius 2 is 2.10 bits per heavy atom. The number of benzene rings is 1. The summed E-state index contributed by atoms with van der Waals surface area (Å²) in [5.41, 5.74) is 0.865. The zero-order chi connectivity index (χ0) is 15.4. The van der Waals surface area contributed by atoms with Crippen LogP contribution in [0, 0.1) is 11.3 Å². The highest BCUT2D eigenvalue weighted by molar-refractivity contribution is 5.77. The molecule has 0 spiro atoms. The monoisotopic (exact) mass is 286 g/mol. The molecule has 1 aromatic rings. The van der Waals surface area contributed by atoms with Gasteiger partial charge in [0, 0.05) is 5.56 Å². The second-order valence-corrected chi connectivity index (χ2v) is 6.21. The van der Waals surface area contributed by atoms with Crippen molar-refractivity contribution in [3.63, 3.8) is 0 Å². The van der Waals surface area contributed by atoms with Gasteiger partial charge in [-0.05, 0) is 46.0 Å². The van der Waals surface area contributed by atoms with Gasteiger partial charge in [-0.1, -0.05) is 0 Å². The number of rotatable bonds is 0. The molecule has 1 aromatic carbocycles. The number of likely N-dealkylation sites (N-methyl/N-ethyl adjacent to an activating group) is 1. The van der Waals surface area contributed by atoms with Crippen molar-refractivity contribution in [1.29, 1.82) is 5.26 Å². The highest BCUT2D eigenvalue weighted by atomic mass is 16.6. The van der Waals surface area contributed by atoms with E-state index in [9.17, 15) is 4.79 Å². The molecule has 2 aliphatic heterocycles. The summed E-state index contributed by atoms with van der Waals surface area (Å²) >= 11 is 0. The van der Waals surface area contributed by atoms with Gasteiger partial charge in [-0.3, -0.25) is 9.69 Å². The van der Waals surface area contributed by atoms with E-state index in [-0.39, 0.29) is 18.1 Å². The molecule has 110 valence electrons. The lowest BCUT2D eigenvalue weighted by Gasteiger charge is -2.51. The van der Waals surface area contributed by atoms with E-state index < -0.39 is 11.7 Å². The van der Waals surface area contributed by atoms with E-state index in [1.54, 1.807) is 6.07 Å². The molecule has 2 aliphatic rings. The Morgan fingerprint density at radius 3 is 2.76 bits per heavy atom. The Hall–Kier alpha value is -2.06. The molecule has 5 nitrogen and oxygen atoms in total. The molecule has 0 aromatic heterocycles. The van der Waals surface area contributed by atoms with Crippen molar-refractivity contribution in [3.05, 3.63) is 29.3 Å². The summed E-state index contributed by atoms with van der Waals surface area (Å²) in [5, 5.41) is 9.11. The molecule has 3 rings (SSSR count). The van der Waals surface area contributed by atoms with E-state index in [1.165, 1.54) is 0 Å². The number of esters is 1. The van der Waals surface area contributed by atoms with Crippen LogP contribution in [0.1, 0.15) is 37.9 Å². The normalized spacial score (nSPS) is 30.4. The fraction of sp³-hybridized carbons (Fsp3) is 0.500. The van der Waals surface area contributed by atoms with Crippen molar-refractivity contribution in [3.8, 4) is 11.8 Å². The summed E-state index contributed by atoms with van der Waals surface area (Å²) in [6.45, 7) is 5.67. The maximum Gasteiger partial charge on any atom is 0.323 e. The third-order valence-electron chi connectivity index (χ3n) is 4.44. The van der Waals surface area contributed by atoms with Gasteiger partial charge >= 0.3 is 5.97 Å². The Morgan fingerprint density at radius 1 is 1.38 bits per heavy atom. The lowest BCUT2D eigenvalue weighted by atomic mass is 9.83. The van der Waals surface area contributed by atoms with Crippen molar-refractivity contribution in [1.82, 2.24) is 4.90 Å². The van der Waals surface area contributed by atoms with Crippen LogP contribution < -0.4 is 4.74 Å². The predicted molar refractivity (Wildman–Crippen MR) is 75.7 cm³/mol. The number of nitriles is 1. The van der Waals surface area contributed by atoms with E-state index >= 15 is 0 Å². The zero-order valence-electron chi connectivity index (χ0n) is 12.6. The molecule has 2 heterocycles. The van der Waals surface area contributed by atoms with Crippen LogP contribution in [-0.2, 0) is 9.53 Å². The lowest BCUT2D eigenvalue weighted by Crippen LogP contribution is -2.61. The number of carbonyl (C=O) groups excluding carboxylic acids is 1. The number of carbonyl (C=O) groups is 1. The zero-order valence-corrected chi connectivity index (χ0v) is 12.6. The number of ether oxygens (including phenoxy) is 2. The minimum atomic E-state index is -0.615. The Labute approximate surface area is 124 Å². The first kappa shape index (κ1) is 13.9. The smallest absolute Gasteiger partial charge is 0.323 e. The maximum absolute atomic E-state index is 12.0. The summed E-state index contributed by atoms with van der Waals surface area (Å²) in [6.07, 6.45) is -0.396. The van der Waals surface area contributed by atoms with Crippen LogP contribution in [0.2, 0.25) is 0 Å². The highest BCUT2D eigenvalue weighted by Crippen LogP contribution is 2.46. The molecule has 0 unspecified atom stereocenters. The quantitative estimate of drug-likeness (QED) is 0.683. The summed E-state index contributed by atoms with van der Waals surface area (Å²) in [5.74, 6) is 0.507. The third kappa shape index (κ3) is 1.98. The van der Waals surface area contributed by atoms with Crippen molar-refractivity contribution in [2.75, 3.05) is 7.05 Å². The second kappa shape index (κ2) is 4.47.